The fourth-order valence-corrected chi connectivity index (χ4v) is 1.94. The van der Waals surface area contributed by atoms with E-state index in [9.17, 15) is 4.79 Å². The lowest BCUT2D eigenvalue weighted by atomic mass is 10.3. The molecule has 0 aliphatic carbocycles. The molecule has 88 valence electrons. The van der Waals surface area contributed by atoms with Gasteiger partial charge in [0, 0.05) is 13.1 Å². The van der Waals surface area contributed by atoms with Crippen LogP contribution in [0.4, 0.5) is 5.69 Å². The lowest BCUT2D eigenvalue weighted by Crippen LogP contribution is -2.36. The predicted molar refractivity (Wildman–Crippen MR) is 63.2 cm³/mol. The minimum atomic E-state index is -0.205. The predicted octanol–water partition coefficient (Wildman–Crippen LogP) is 0.155. The Hall–Kier alpha value is -1.95. The van der Waals surface area contributed by atoms with Crippen LogP contribution in [0.25, 0.3) is 11.0 Å². The summed E-state index contributed by atoms with van der Waals surface area (Å²) in [5.74, 6) is 0. The van der Waals surface area contributed by atoms with E-state index in [2.05, 4.69) is 19.9 Å². The van der Waals surface area contributed by atoms with E-state index in [0.29, 0.717) is 11.0 Å². The summed E-state index contributed by atoms with van der Waals surface area (Å²) in [5.41, 5.74) is 1.78. The van der Waals surface area contributed by atoms with Gasteiger partial charge in [-0.15, -0.1) is 0 Å². The van der Waals surface area contributed by atoms with Crippen LogP contribution < -0.4 is 10.5 Å². The molecule has 1 aliphatic heterocycles. The van der Waals surface area contributed by atoms with Crippen molar-refractivity contribution < 1.29 is 4.74 Å². The average Bonchev–Trinajstić information content (AvgIpc) is 2.40. The van der Waals surface area contributed by atoms with Crippen LogP contribution in [0.15, 0.2) is 23.4 Å². The van der Waals surface area contributed by atoms with Gasteiger partial charge in [0.15, 0.2) is 5.52 Å². The third-order valence-electron chi connectivity index (χ3n) is 2.84. The van der Waals surface area contributed by atoms with Gasteiger partial charge in [-0.25, -0.2) is 9.97 Å². The van der Waals surface area contributed by atoms with E-state index < -0.39 is 0 Å². The minimum Gasteiger partial charge on any atom is -0.378 e. The third-order valence-corrected chi connectivity index (χ3v) is 2.84. The number of fused-ring (bicyclic) bond motifs is 1. The van der Waals surface area contributed by atoms with Gasteiger partial charge in [-0.05, 0) is 6.07 Å². The highest BCUT2D eigenvalue weighted by Crippen LogP contribution is 2.17. The second kappa shape index (κ2) is 4.14. The van der Waals surface area contributed by atoms with Crippen molar-refractivity contribution in [3.05, 3.63) is 28.9 Å². The topological polar surface area (TPSA) is 71.1 Å². The van der Waals surface area contributed by atoms with E-state index in [1.54, 1.807) is 6.20 Å². The molecule has 2 aromatic rings. The number of H-pyrrole nitrogens is 1. The zero-order valence-corrected chi connectivity index (χ0v) is 9.22. The maximum absolute atomic E-state index is 11.5. The summed E-state index contributed by atoms with van der Waals surface area (Å²) in [6.45, 7) is 3.13. The molecule has 3 heterocycles. The fourth-order valence-electron chi connectivity index (χ4n) is 1.94. The molecule has 0 atom stereocenters. The Morgan fingerprint density at radius 2 is 2.12 bits per heavy atom. The molecule has 0 spiro atoms. The number of pyridine rings is 1. The molecule has 0 saturated carbocycles. The minimum absolute atomic E-state index is 0.205. The second-order valence-corrected chi connectivity index (χ2v) is 3.89. The molecule has 0 aromatic carbocycles. The number of hydrogen-bond acceptors (Lipinski definition) is 5. The number of ether oxygens (including phenoxy) is 1. The van der Waals surface area contributed by atoms with Gasteiger partial charge < -0.3 is 14.6 Å². The normalized spacial score (nSPS) is 16.4. The number of hydrogen-bond donors (Lipinski definition) is 1. The first-order valence-corrected chi connectivity index (χ1v) is 5.51. The largest absolute Gasteiger partial charge is 0.378 e. The van der Waals surface area contributed by atoms with E-state index in [1.165, 1.54) is 6.33 Å². The Kier molecular flexibility index (Phi) is 2.49. The zero-order chi connectivity index (χ0) is 11.7. The Morgan fingerprint density at radius 3 is 2.94 bits per heavy atom. The first kappa shape index (κ1) is 10.2. The average molecular weight is 232 g/mol. The van der Waals surface area contributed by atoms with Crippen molar-refractivity contribution in [2.24, 2.45) is 0 Å². The number of nitrogens with zero attached hydrogens (tertiary/aromatic N) is 3. The van der Waals surface area contributed by atoms with E-state index in [1.807, 2.05) is 6.07 Å². The molecule has 0 bridgehead atoms. The first-order valence-electron chi connectivity index (χ1n) is 5.51. The van der Waals surface area contributed by atoms with E-state index in [4.69, 9.17) is 4.74 Å². The van der Waals surface area contributed by atoms with Crippen LogP contribution in [0.5, 0.6) is 0 Å². The standard InChI is InChI=1S/C11H12N4O2/c16-11-10-9(13-7-14-11)5-8(6-12-10)15-1-3-17-4-2-15/h5-7H,1-4H2,(H,13,14,16). The van der Waals surface area contributed by atoms with Crippen molar-refractivity contribution >= 4 is 16.7 Å². The molecule has 0 amide bonds. The molecule has 2 aromatic heterocycles. The molecule has 0 unspecified atom stereocenters. The van der Waals surface area contributed by atoms with Gasteiger partial charge in [-0.1, -0.05) is 0 Å². The monoisotopic (exact) mass is 232 g/mol. The van der Waals surface area contributed by atoms with Crippen molar-refractivity contribution in [2.75, 3.05) is 31.2 Å². The molecule has 1 N–H and O–H groups in total. The van der Waals surface area contributed by atoms with Gasteiger partial charge in [0.2, 0.25) is 0 Å². The van der Waals surface area contributed by atoms with Crippen LogP contribution in [-0.4, -0.2) is 41.3 Å². The van der Waals surface area contributed by atoms with Crippen molar-refractivity contribution in [2.45, 2.75) is 0 Å². The number of morpholine rings is 1. The van der Waals surface area contributed by atoms with Gasteiger partial charge in [0.1, 0.15) is 0 Å². The van der Waals surface area contributed by atoms with Crippen molar-refractivity contribution in [3.63, 3.8) is 0 Å². The SMILES string of the molecule is O=c1[nH]cnc2cc(N3CCOCC3)cnc12. The Balaban J connectivity index is 2.04. The van der Waals surface area contributed by atoms with Gasteiger partial charge in [-0.2, -0.15) is 0 Å². The highest BCUT2D eigenvalue weighted by Gasteiger charge is 2.12. The smallest absolute Gasteiger partial charge is 0.277 e. The van der Waals surface area contributed by atoms with E-state index in [0.717, 1.165) is 32.0 Å². The van der Waals surface area contributed by atoms with Crippen LogP contribution in [0, 0.1) is 0 Å². The van der Waals surface area contributed by atoms with Crippen LogP contribution in [-0.2, 0) is 4.74 Å². The first-order chi connectivity index (χ1) is 8.34. The molecular formula is C11H12N4O2. The lowest BCUT2D eigenvalue weighted by Gasteiger charge is -2.28. The molecule has 6 nitrogen and oxygen atoms in total. The summed E-state index contributed by atoms with van der Waals surface area (Å²) < 4.78 is 5.30. The molecule has 0 radical (unpaired) electrons. The maximum atomic E-state index is 11.5. The highest BCUT2D eigenvalue weighted by atomic mass is 16.5. The summed E-state index contributed by atoms with van der Waals surface area (Å²) >= 11 is 0. The fraction of sp³-hybridized carbons (Fsp3) is 0.364. The molecule has 17 heavy (non-hydrogen) atoms. The van der Waals surface area contributed by atoms with Crippen molar-refractivity contribution in [3.8, 4) is 0 Å². The van der Waals surface area contributed by atoms with Gasteiger partial charge >= 0.3 is 0 Å². The molecule has 1 fully saturated rings. The van der Waals surface area contributed by atoms with E-state index >= 15 is 0 Å². The Bertz CT molecular complexity index is 589. The summed E-state index contributed by atoms with van der Waals surface area (Å²) in [7, 11) is 0. The molecule has 3 rings (SSSR count). The van der Waals surface area contributed by atoms with Crippen LogP contribution >= 0.6 is 0 Å². The quantitative estimate of drug-likeness (QED) is 0.758. The van der Waals surface area contributed by atoms with Crippen molar-refractivity contribution in [1.82, 2.24) is 15.0 Å². The number of rotatable bonds is 1. The summed E-state index contributed by atoms with van der Waals surface area (Å²) in [4.78, 5) is 24.5. The Labute approximate surface area is 97.3 Å². The number of aromatic nitrogens is 3. The summed E-state index contributed by atoms with van der Waals surface area (Å²) in [6, 6.07) is 1.89. The van der Waals surface area contributed by atoms with Crippen LogP contribution in [0.2, 0.25) is 0 Å². The third kappa shape index (κ3) is 1.87. The molecule has 1 saturated heterocycles. The van der Waals surface area contributed by atoms with Gasteiger partial charge in [0.25, 0.3) is 5.56 Å². The summed E-state index contributed by atoms with van der Waals surface area (Å²) in [6.07, 6.45) is 3.11. The van der Waals surface area contributed by atoms with E-state index in [-0.39, 0.29) is 5.56 Å². The maximum Gasteiger partial charge on any atom is 0.277 e. The summed E-state index contributed by atoms with van der Waals surface area (Å²) in [5, 5.41) is 0. The number of nitrogens with one attached hydrogen (secondary N) is 1. The zero-order valence-electron chi connectivity index (χ0n) is 9.22. The van der Waals surface area contributed by atoms with Crippen molar-refractivity contribution in [1.29, 1.82) is 0 Å². The van der Waals surface area contributed by atoms with Crippen LogP contribution in [0.1, 0.15) is 0 Å². The lowest BCUT2D eigenvalue weighted by molar-refractivity contribution is 0.122. The van der Waals surface area contributed by atoms with Gasteiger partial charge in [0.05, 0.1) is 36.9 Å². The molecule has 1 aliphatic rings. The highest BCUT2D eigenvalue weighted by molar-refractivity contribution is 5.76. The molecule has 6 heteroatoms. The number of aromatic amines is 1. The second-order valence-electron chi connectivity index (χ2n) is 3.89. The molecular weight excluding hydrogens is 220 g/mol. The number of anilines is 1. The van der Waals surface area contributed by atoms with Gasteiger partial charge in [-0.3, -0.25) is 4.79 Å². The van der Waals surface area contributed by atoms with Crippen LogP contribution in [0.3, 0.4) is 0 Å². The Morgan fingerprint density at radius 1 is 1.29 bits per heavy atom.